The highest BCUT2D eigenvalue weighted by molar-refractivity contribution is 7.94. The highest BCUT2D eigenvalue weighted by atomic mass is 32.2. The van der Waals surface area contributed by atoms with Crippen LogP contribution in [0.4, 0.5) is 5.69 Å². The molecule has 2 N–H and O–H groups in total. The lowest BCUT2D eigenvalue weighted by molar-refractivity contribution is -0.137. The molecule has 0 atom stereocenters. The molecule has 0 saturated heterocycles. The first-order chi connectivity index (χ1) is 13.0. The van der Waals surface area contributed by atoms with Gasteiger partial charge in [-0.15, -0.1) is 11.3 Å². The molecule has 3 aromatic rings. The second-order valence-electron chi connectivity index (χ2n) is 6.70. The van der Waals surface area contributed by atoms with Crippen molar-refractivity contribution < 1.29 is 18.3 Å². The van der Waals surface area contributed by atoms with Crippen molar-refractivity contribution in [1.82, 2.24) is 4.57 Å². The van der Waals surface area contributed by atoms with Gasteiger partial charge in [-0.3, -0.25) is 9.52 Å². The summed E-state index contributed by atoms with van der Waals surface area (Å²) in [6.45, 7) is 0.432. The first-order valence-electron chi connectivity index (χ1n) is 8.88. The number of anilines is 1. The van der Waals surface area contributed by atoms with Crippen molar-refractivity contribution in [3.05, 3.63) is 47.0 Å². The van der Waals surface area contributed by atoms with Crippen LogP contribution < -0.4 is 4.72 Å². The lowest BCUT2D eigenvalue weighted by atomic mass is 9.95. The van der Waals surface area contributed by atoms with Crippen molar-refractivity contribution in [3.63, 3.8) is 0 Å². The molecule has 0 fully saturated rings. The number of rotatable bonds is 6. The fourth-order valence-corrected chi connectivity index (χ4v) is 5.83. The fourth-order valence-electron chi connectivity index (χ4n) is 3.78. The van der Waals surface area contributed by atoms with E-state index in [9.17, 15) is 13.2 Å². The lowest BCUT2D eigenvalue weighted by Crippen LogP contribution is -2.11. The number of thiophene rings is 1. The van der Waals surface area contributed by atoms with Gasteiger partial charge in [0.1, 0.15) is 4.21 Å². The zero-order valence-electron chi connectivity index (χ0n) is 14.6. The van der Waals surface area contributed by atoms with Gasteiger partial charge >= 0.3 is 5.97 Å². The van der Waals surface area contributed by atoms with Crippen LogP contribution in [-0.4, -0.2) is 24.1 Å². The Morgan fingerprint density at radius 1 is 1.22 bits per heavy atom. The van der Waals surface area contributed by atoms with Crippen LogP contribution in [0.15, 0.2) is 39.9 Å². The molecule has 0 saturated carbocycles. The Bertz CT molecular complexity index is 1100. The summed E-state index contributed by atoms with van der Waals surface area (Å²) in [4.78, 5) is 11.0. The molecule has 8 heteroatoms. The molecule has 142 valence electrons. The van der Waals surface area contributed by atoms with Gasteiger partial charge in [0.15, 0.2) is 0 Å². The highest BCUT2D eigenvalue weighted by Crippen LogP contribution is 2.34. The van der Waals surface area contributed by atoms with E-state index in [1.54, 1.807) is 23.6 Å². The quantitative estimate of drug-likeness (QED) is 0.653. The molecular formula is C19H20N2O4S2. The van der Waals surface area contributed by atoms with Crippen molar-refractivity contribution >= 4 is 43.9 Å². The Morgan fingerprint density at radius 3 is 2.78 bits per heavy atom. The number of carboxylic acids is 1. The minimum Gasteiger partial charge on any atom is -0.481 e. The standard InChI is InChI=1S/C19H20N2O4S2/c22-18(23)9-10-21-16-5-2-1-4-14(16)15-12-13(7-8-17(15)21)20-27(24,25)19-6-3-11-26-19/h3,6-8,11-12,20H,1-2,4-5,9-10H2,(H,22,23). The SMILES string of the molecule is O=C(O)CCn1c2c(c3cc(NS(=O)(=O)c4cccs4)ccc31)CCCC2. The number of sulfonamides is 1. The van der Waals surface area contributed by atoms with E-state index in [4.69, 9.17) is 5.11 Å². The average molecular weight is 405 g/mol. The minimum absolute atomic E-state index is 0.0724. The molecule has 2 aromatic heterocycles. The van der Waals surface area contributed by atoms with Crippen molar-refractivity contribution in [3.8, 4) is 0 Å². The van der Waals surface area contributed by atoms with Gasteiger partial charge in [-0.05, 0) is 60.9 Å². The van der Waals surface area contributed by atoms with Crippen molar-refractivity contribution in [1.29, 1.82) is 0 Å². The Balaban J connectivity index is 1.75. The van der Waals surface area contributed by atoms with Gasteiger partial charge in [0.2, 0.25) is 0 Å². The number of carbonyl (C=O) groups is 1. The number of benzene rings is 1. The molecule has 4 rings (SSSR count). The number of nitrogens with zero attached hydrogens (tertiary/aromatic N) is 1. The predicted octanol–water partition coefficient (Wildman–Crippen LogP) is 3.86. The Labute approximate surface area is 161 Å². The first-order valence-corrected chi connectivity index (χ1v) is 11.2. The lowest BCUT2D eigenvalue weighted by Gasteiger charge is -2.15. The number of fused-ring (bicyclic) bond motifs is 3. The maximum Gasteiger partial charge on any atom is 0.305 e. The smallest absolute Gasteiger partial charge is 0.305 e. The summed E-state index contributed by atoms with van der Waals surface area (Å²) >= 11 is 1.18. The number of aryl methyl sites for hydroxylation is 2. The Hall–Kier alpha value is -2.32. The van der Waals surface area contributed by atoms with Gasteiger partial charge in [-0.2, -0.15) is 0 Å². The summed E-state index contributed by atoms with van der Waals surface area (Å²) in [5.41, 5.74) is 3.91. The molecule has 1 aliphatic carbocycles. The molecule has 0 spiro atoms. The summed E-state index contributed by atoms with van der Waals surface area (Å²) in [5, 5.41) is 11.8. The normalized spacial score (nSPS) is 14.2. The zero-order chi connectivity index (χ0) is 19.0. The summed E-state index contributed by atoms with van der Waals surface area (Å²) in [6, 6.07) is 8.80. The van der Waals surface area contributed by atoms with E-state index >= 15 is 0 Å². The molecule has 0 aliphatic heterocycles. The molecule has 1 aromatic carbocycles. The number of carboxylic acid groups (broad SMARTS) is 1. The van der Waals surface area contributed by atoms with E-state index in [-0.39, 0.29) is 10.6 Å². The van der Waals surface area contributed by atoms with Crippen LogP contribution in [-0.2, 0) is 34.2 Å². The molecule has 1 aliphatic rings. The van der Waals surface area contributed by atoms with E-state index < -0.39 is 16.0 Å². The van der Waals surface area contributed by atoms with E-state index in [0.29, 0.717) is 12.2 Å². The second-order valence-corrected chi connectivity index (χ2v) is 9.55. The van der Waals surface area contributed by atoms with Crippen molar-refractivity contribution in [2.75, 3.05) is 4.72 Å². The Morgan fingerprint density at radius 2 is 2.04 bits per heavy atom. The van der Waals surface area contributed by atoms with Gasteiger partial charge in [-0.25, -0.2) is 8.42 Å². The van der Waals surface area contributed by atoms with E-state index in [0.717, 1.165) is 36.6 Å². The van der Waals surface area contributed by atoms with Crippen LogP contribution in [0.25, 0.3) is 10.9 Å². The van der Waals surface area contributed by atoms with Gasteiger partial charge < -0.3 is 9.67 Å². The topological polar surface area (TPSA) is 88.4 Å². The second kappa shape index (κ2) is 7.01. The molecule has 0 amide bonds. The highest BCUT2D eigenvalue weighted by Gasteiger charge is 2.22. The van der Waals surface area contributed by atoms with Crippen LogP contribution in [0.5, 0.6) is 0 Å². The van der Waals surface area contributed by atoms with Gasteiger partial charge in [0.25, 0.3) is 10.0 Å². The third kappa shape index (κ3) is 3.46. The summed E-state index contributed by atoms with van der Waals surface area (Å²) in [5.74, 6) is -0.818. The van der Waals surface area contributed by atoms with Gasteiger partial charge in [-0.1, -0.05) is 6.07 Å². The maximum atomic E-state index is 12.5. The van der Waals surface area contributed by atoms with E-state index in [2.05, 4.69) is 9.29 Å². The van der Waals surface area contributed by atoms with E-state index in [1.807, 2.05) is 12.1 Å². The summed E-state index contributed by atoms with van der Waals surface area (Å²) in [6.07, 6.45) is 4.13. The summed E-state index contributed by atoms with van der Waals surface area (Å²) in [7, 11) is -3.59. The molecule has 2 heterocycles. The Kier molecular flexibility index (Phi) is 4.69. The predicted molar refractivity (Wildman–Crippen MR) is 106 cm³/mol. The van der Waals surface area contributed by atoms with Crippen LogP contribution in [0.1, 0.15) is 30.5 Å². The molecule has 0 bridgehead atoms. The number of aromatic nitrogens is 1. The molecule has 27 heavy (non-hydrogen) atoms. The van der Waals surface area contributed by atoms with Crippen molar-refractivity contribution in [2.24, 2.45) is 0 Å². The molecule has 6 nitrogen and oxygen atoms in total. The van der Waals surface area contributed by atoms with Crippen LogP contribution in [0.3, 0.4) is 0 Å². The average Bonchev–Trinajstić information content (AvgIpc) is 3.27. The number of nitrogens with one attached hydrogen (secondary N) is 1. The first kappa shape index (κ1) is 18.1. The number of hydrogen-bond acceptors (Lipinski definition) is 4. The fraction of sp³-hybridized carbons (Fsp3) is 0.316. The third-order valence-corrected chi connectivity index (χ3v) is 7.72. The van der Waals surface area contributed by atoms with E-state index in [1.165, 1.54) is 22.6 Å². The minimum atomic E-state index is -3.59. The van der Waals surface area contributed by atoms with Gasteiger partial charge in [0.05, 0.1) is 6.42 Å². The van der Waals surface area contributed by atoms with Crippen LogP contribution in [0, 0.1) is 0 Å². The number of hydrogen-bond donors (Lipinski definition) is 2. The van der Waals surface area contributed by atoms with Gasteiger partial charge in [0, 0.05) is 28.8 Å². The monoisotopic (exact) mass is 404 g/mol. The largest absolute Gasteiger partial charge is 0.481 e. The molecular weight excluding hydrogens is 384 g/mol. The third-order valence-electron chi connectivity index (χ3n) is 4.94. The molecule has 0 unspecified atom stereocenters. The summed E-state index contributed by atoms with van der Waals surface area (Å²) < 4.78 is 30.0. The van der Waals surface area contributed by atoms with Crippen molar-refractivity contribution in [2.45, 2.75) is 42.9 Å². The number of aliphatic carboxylic acids is 1. The molecule has 0 radical (unpaired) electrons. The maximum absolute atomic E-state index is 12.5. The van der Waals surface area contributed by atoms with Crippen LogP contribution in [0.2, 0.25) is 0 Å². The van der Waals surface area contributed by atoms with Crippen LogP contribution >= 0.6 is 11.3 Å². The zero-order valence-corrected chi connectivity index (χ0v) is 16.3.